The number of hydrogen-bond acceptors (Lipinski definition) is 5. The summed E-state index contributed by atoms with van der Waals surface area (Å²) < 4.78 is 0. The molecule has 0 aliphatic carbocycles. The summed E-state index contributed by atoms with van der Waals surface area (Å²) in [5.41, 5.74) is 11.2. The molecule has 1 amide bonds. The van der Waals surface area contributed by atoms with Crippen LogP contribution in [-0.4, -0.2) is 29.3 Å². The Hall–Kier alpha value is -1.47. The lowest BCUT2D eigenvalue weighted by Crippen LogP contribution is -2.35. The first kappa shape index (κ1) is 14.6. The third-order valence-corrected chi connectivity index (χ3v) is 2.97. The number of nitrogens with two attached hydrogens (primary N) is 2. The number of thiazole rings is 1. The Labute approximate surface area is 110 Å². The minimum Gasteiger partial charge on any atom is -0.388 e. The zero-order valence-electron chi connectivity index (χ0n) is 10.4. The highest BCUT2D eigenvalue weighted by Crippen LogP contribution is 2.11. The molecule has 1 rings (SSSR count). The quantitative estimate of drug-likeness (QED) is 0.389. The zero-order chi connectivity index (χ0) is 13.4. The van der Waals surface area contributed by atoms with Crippen LogP contribution in [-0.2, 0) is 4.79 Å². The molecule has 18 heavy (non-hydrogen) atoms. The second kappa shape index (κ2) is 7.78. The number of anilines is 1. The van der Waals surface area contributed by atoms with Gasteiger partial charge in [0.25, 0.3) is 0 Å². The predicted molar refractivity (Wildman–Crippen MR) is 74.7 cm³/mol. The van der Waals surface area contributed by atoms with E-state index in [0.29, 0.717) is 23.9 Å². The van der Waals surface area contributed by atoms with E-state index in [9.17, 15) is 4.79 Å². The molecule has 0 saturated carbocycles. The molecule has 1 atom stereocenters. The number of unbranched alkanes of at least 4 members (excludes halogenated alkanes) is 1. The summed E-state index contributed by atoms with van der Waals surface area (Å²) >= 11 is 1.37. The lowest BCUT2D eigenvalue weighted by molar-refractivity contribution is -0.117. The molecule has 6 nitrogen and oxygen atoms in total. The third kappa shape index (κ3) is 5.74. The van der Waals surface area contributed by atoms with Crippen molar-refractivity contribution in [1.29, 1.82) is 0 Å². The fraction of sp³-hybridized carbons (Fsp3) is 0.545. The molecular formula is C11H19N5OS. The van der Waals surface area contributed by atoms with Gasteiger partial charge in [0.1, 0.15) is 0 Å². The molecule has 0 radical (unpaired) electrons. The van der Waals surface area contributed by atoms with Crippen LogP contribution in [0, 0.1) is 0 Å². The lowest BCUT2D eigenvalue weighted by atomic mass is 10.1. The van der Waals surface area contributed by atoms with Gasteiger partial charge >= 0.3 is 0 Å². The second-order valence-corrected chi connectivity index (χ2v) is 4.85. The van der Waals surface area contributed by atoms with Crippen LogP contribution >= 0.6 is 11.3 Å². The molecule has 1 aromatic rings. The first-order valence-electron chi connectivity index (χ1n) is 5.82. The molecule has 0 bridgehead atoms. The van der Waals surface area contributed by atoms with E-state index in [1.807, 2.05) is 0 Å². The molecular weight excluding hydrogens is 250 g/mol. The first-order valence-corrected chi connectivity index (χ1v) is 6.70. The smallest absolute Gasteiger partial charge is 0.243 e. The normalized spacial score (nSPS) is 13.3. The van der Waals surface area contributed by atoms with E-state index < -0.39 is 6.04 Å². The van der Waals surface area contributed by atoms with Crippen LogP contribution in [0.4, 0.5) is 5.13 Å². The second-order valence-electron chi connectivity index (χ2n) is 3.95. The van der Waals surface area contributed by atoms with Crippen molar-refractivity contribution >= 4 is 28.2 Å². The Bertz CT molecular complexity index is 386. The van der Waals surface area contributed by atoms with Crippen molar-refractivity contribution in [2.24, 2.45) is 16.5 Å². The van der Waals surface area contributed by atoms with Gasteiger partial charge < -0.3 is 16.8 Å². The van der Waals surface area contributed by atoms with E-state index in [2.05, 4.69) is 15.3 Å². The van der Waals surface area contributed by atoms with Crippen LogP contribution in [0.25, 0.3) is 0 Å². The van der Waals surface area contributed by atoms with Gasteiger partial charge in [-0.1, -0.05) is 0 Å². The number of hydrogen-bond donors (Lipinski definition) is 3. The van der Waals surface area contributed by atoms with E-state index in [1.54, 1.807) is 18.5 Å². The predicted octanol–water partition coefficient (Wildman–Crippen LogP) is 0.956. The molecule has 1 unspecified atom stereocenters. The molecule has 0 fully saturated rings. The number of carbonyl (C=O) groups excluding carboxylic acids is 1. The van der Waals surface area contributed by atoms with E-state index in [4.69, 9.17) is 11.5 Å². The number of carbonyl (C=O) groups is 1. The highest BCUT2D eigenvalue weighted by molar-refractivity contribution is 7.13. The van der Waals surface area contributed by atoms with Crippen molar-refractivity contribution in [3.63, 3.8) is 0 Å². The Morgan fingerprint density at radius 2 is 2.39 bits per heavy atom. The molecule has 0 aromatic carbocycles. The third-order valence-electron chi connectivity index (χ3n) is 2.28. The van der Waals surface area contributed by atoms with Crippen LogP contribution < -0.4 is 16.8 Å². The summed E-state index contributed by atoms with van der Waals surface area (Å²) in [4.78, 5) is 19.7. The van der Waals surface area contributed by atoms with Gasteiger partial charge in [-0.15, -0.1) is 11.3 Å². The lowest BCUT2D eigenvalue weighted by Gasteiger charge is -2.09. The summed E-state index contributed by atoms with van der Waals surface area (Å²) in [6.07, 6.45) is 4.01. The highest BCUT2D eigenvalue weighted by Gasteiger charge is 2.13. The molecule has 1 aromatic heterocycles. The number of amides is 1. The fourth-order valence-electron chi connectivity index (χ4n) is 1.35. The standard InChI is InChI=1S/C11H19N5OS/c1-8(12)14-5-3-2-4-9(13)10(17)16-11-15-6-7-18-11/h6-7,9H,2-5,13H2,1H3,(H2,12,14)(H,15,16,17). The van der Waals surface area contributed by atoms with Gasteiger partial charge in [-0.05, 0) is 26.2 Å². The van der Waals surface area contributed by atoms with Crippen LogP contribution in [0.5, 0.6) is 0 Å². The number of aliphatic imine (C=N–C) groups is 1. The number of amidine groups is 1. The van der Waals surface area contributed by atoms with Gasteiger partial charge in [0.15, 0.2) is 5.13 Å². The van der Waals surface area contributed by atoms with E-state index in [-0.39, 0.29) is 5.91 Å². The van der Waals surface area contributed by atoms with Crippen molar-refractivity contribution in [2.75, 3.05) is 11.9 Å². The largest absolute Gasteiger partial charge is 0.388 e. The van der Waals surface area contributed by atoms with Crippen LogP contribution in [0.2, 0.25) is 0 Å². The highest BCUT2D eigenvalue weighted by atomic mass is 32.1. The monoisotopic (exact) mass is 269 g/mol. The Kier molecular flexibility index (Phi) is 6.31. The average molecular weight is 269 g/mol. The summed E-state index contributed by atoms with van der Waals surface area (Å²) in [5, 5.41) is 5.06. The van der Waals surface area contributed by atoms with E-state index >= 15 is 0 Å². The van der Waals surface area contributed by atoms with Crippen molar-refractivity contribution in [3.05, 3.63) is 11.6 Å². The minimum atomic E-state index is -0.503. The van der Waals surface area contributed by atoms with Gasteiger partial charge in [0.2, 0.25) is 5.91 Å². The van der Waals surface area contributed by atoms with Crippen molar-refractivity contribution in [3.8, 4) is 0 Å². The zero-order valence-corrected chi connectivity index (χ0v) is 11.2. The fourth-order valence-corrected chi connectivity index (χ4v) is 1.88. The van der Waals surface area contributed by atoms with Gasteiger partial charge in [-0.2, -0.15) is 0 Å². The Morgan fingerprint density at radius 1 is 1.61 bits per heavy atom. The van der Waals surface area contributed by atoms with E-state index in [1.165, 1.54) is 11.3 Å². The van der Waals surface area contributed by atoms with Crippen molar-refractivity contribution in [2.45, 2.75) is 32.2 Å². The first-order chi connectivity index (χ1) is 8.59. The van der Waals surface area contributed by atoms with Crippen LogP contribution in [0.1, 0.15) is 26.2 Å². The number of aromatic nitrogens is 1. The number of nitrogens with one attached hydrogen (secondary N) is 1. The molecule has 1 heterocycles. The van der Waals surface area contributed by atoms with Gasteiger partial charge in [-0.3, -0.25) is 9.79 Å². The van der Waals surface area contributed by atoms with Gasteiger partial charge in [0, 0.05) is 18.1 Å². The summed E-state index contributed by atoms with van der Waals surface area (Å²) in [7, 11) is 0. The van der Waals surface area contributed by atoms with Crippen molar-refractivity contribution in [1.82, 2.24) is 4.98 Å². The van der Waals surface area contributed by atoms with Crippen LogP contribution in [0.15, 0.2) is 16.6 Å². The summed E-state index contributed by atoms with van der Waals surface area (Å²) in [6, 6.07) is -0.503. The molecule has 100 valence electrons. The van der Waals surface area contributed by atoms with E-state index in [0.717, 1.165) is 12.8 Å². The van der Waals surface area contributed by atoms with Crippen LogP contribution in [0.3, 0.4) is 0 Å². The average Bonchev–Trinajstić information content (AvgIpc) is 2.80. The number of rotatable bonds is 7. The topological polar surface area (TPSA) is 106 Å². The maximum atomic E-state index is 11.7. The van der Waals surface area contributed by atoms with Gasteiger partial charge in [0.05, 0.1) is 11.9 Å². The summed E-state index contributed by atoms with van der Waals surface area (Å²) in [6.45, 7) is 2.44. The van der Waals surface area contributed by atoms with Crippen molar-refractivity contribution < 1.29 is 4.79 Å². The molecule has 0 spiro atoms. The summed E-state index contributed by atoms with van der Waals surface area (Å²) in [5.74, 6) is 0.393. The Balaban J connectivity index is 2.18. The maximum Gasteiger partial charge on any atom is 0.243 e. The Morgan fingerprint density at radius 3 is 3.00 bits per heavy atom. The molecule has 0 aliphatic rings. The minimum absolute atomic E-state index is 0.191. The number of nitrogens with zero attached hydrogens (tertiary/aromatic N) is 2. The molecule has 0 aliphatic heterocycles. The maximum absolute atomic E-state index is 11.7. The molecule has 5 N–H and O–H groups in total. The molecule has 7 heteroatoms. The van der Waals surface area contributed by atoms with Gasteiger partial charge in [-0.25, -0.2) is 4.98 Å². The SMILES string of the molecule is CC(N)=NCCCCC(N)C(=O)Nc1nccs1. The molecule has 0 saturated heterocycles.